The lowest BCUT2D eigenvalue weighted by Gasteiger charge is -2.27. The molecule has 7 heteroatoms. The van der Waals surface area contributed by atoms with Gasteiger partial charge in [-0.1, -0.05) is 32.0 Å². The van der Waals surface area contributed by atoms with Crippen molar-refractivity contribution in [3.8, 4) is 6.07 Å². The second kappa shape index (κ2) is 7.47. The zero-order chi connectivity index (χ0) is 17.7. The van der Waals surface area contributed by atoms with Gasteiger partial charge in [0.25, 0.3) is 0 Å². The molecule has 1 aromatic carbocycles. The van der Waals surface area contributed by atoms with E-state index in [2.05, 4.69) is 16.7 Å². The van der Waals surface area contributed by atoms with Crippen LogP contribution in [0, 0.1) is 17.2 Å². The number of benzene rings is 1. The molecule has 0 fully saturated rings. The number of nitrogens with zero attached hydrogens (tertiary/aromatic N) is 1. The highest BCUT2D eigenvalue weighted by molar-refractivity contribution is 7.89. The van der Waals surface area contributed by atoms with E-state index in [0.29, 0.717) is 11.3 Å². The number of hydrogen-bond acceptors (Lipinski definition) is 5. The molecule has 0 heterocycles. The van der Waals surface area contributed by atoms with Crippen LogP contribution < -0.4 is 10.6 Å². The van der Waals surface area contributed by atoms with Gasteiger partial charge in [0.1, 0.15) is 5.54 Å². The monoisotopic (exact) mass is 337 g/mol. The number of para-hydroxylation sites is 1. The summed E-state index contributed by atoms with van der Waals surface area (Å²) in [6.45, 7) is 5.36. The number of carbonyl (C=O) groups is 1. The molecule has 0 saturated heterocycles. The van der Waals surface area contributed by atoms with E-state index in [9.17, 15) is 18.5 Å². The standard InChI is InChI=1S/C16H23N3O3S/c1-12(2)16(3,11-17)19-15(20)9-18-14-8-6-5-7-13(14)10-23(4,21)22/h5-8,12,18H,9-10H2,1-4H3,(H,19,20)/t16-/m0/s1. The number of carbonyl (C=O) groups excluding carboxylic acids is 1. The maximum absolute atomic E-state index is 12.0. The van der Waals surface area contributed by atoms with Gasteiger partial charge in [0, 0.05) is 11.9 Å². The normalized spacial score (nSPS) is 13.9. The second-order valence-corrected chi connectivity index (χ2v) is 8.24. The highest BCUT2D eigenvalue weighted by atomic mass is 32.2. The van der Waals surface area contributed by atoms with Crippen molar-refractivity contribution in [2.75, 3.05) is 18.1 Å². The van der Waals surface area contributed by atoms with Gasteiger partial charge in [-0.3, -0.25) is 4.79 Å². The van der Waals surface area contributed by atoms with Crippen molar-refractivity contribution in [1.29, 1.82) is 5.26 Å². The van der Waals surface area contributed by atoms with Crippen LogP contribution >= 0.6 is 0 Å². The first-order valence-corrected chi connectivity index (χ1v) is 9.35. The fourth-order valence-corrected chi connectivity index (χ4v) is 2.73. The SMILES string of the molecule is CC(C)[C@](C)(C#N)NC(=O)CNc1ccccc1CS(C)(=O)=O. The van der Waals surface area contributed by atoms with Crippen molar-refractivity contribution in [2.45, 2.75) is 32.1 Å². The van der Waals surface area contributed by atoms with Gasteiger partial charge in [-0.25, -0.2) is 8.42 Å². The molecule has 0 aliphatic carbocycles. The number of sulfone groups is 1. The van der Waals surface area contributed by atoms with E-state index in [0.717, 1.165) is 6.26 Å². The summed E-state index contributed by atoms with van der Waals surface area (Å²) in [7, 11) is -3.17. The minimum atomic E-state index is -3.17. The molecule has 6 nitrogen and oxygen atoms in total. The average molecular weight is 337 g/mol. The quantitative estimate of drug-likeness (QED) is 0.789. The lowest BCUT2D eigenvalue weighted by molar-refractivity contribution is -0.121. The molecule has 126 valence electrons. The summed E-state index contributed by atoms with van der Waals surface area (Å²) < 4.78 is 22.9. The maximum atomic E-state index is 12.0. The Morgan fingerprint density at radius 3 is 2.48 bits per heavy atom. The van der Waals surface area contributed by atoms with Crippen LogP contribution in [-0.2, 0) is 20.4 Å². The summed E-state index contributed by atoms with van der Waals surface area (Å²) in [5, 5.41) is 14.8. The fourth-order valence-electron chi connectivity index (χ4n) is 1.91. The van der Waals surface area contributed by atoms with Gasteiger partial charge in [-0.05, 0) is 24.5 Å². The number of anilines is 1. The van der Waals surface area contributed by atoms with E-state index in [1.165, 1.54) is 0 Å². The molecule has 0 aromatic heterocycles. The molecule has 1 amide bonds. The van der Waals surface area contributed by atoms with Gasteiger partial charge in [-0.15, -0.1) is 0 Å². The van der Waals surface area contributed by atoms with Crippen LogP contribution in [0.5, 0.6) is 0 Å². The lowest BCUT2D eigenvalue weighted by Crippen LogP contribution is -2.50. The molecule has 0 aliphatic heterocycles. The number of nitrogens with one attached hydrogen (secondary N) is 2. The van der Waals surface area contributed by atoms with Gasteiger partial charge in [0.15, 0.2) is 9.84 Å². The summed E-state index contributed by atoms with van der Waals surface area (Å²) in [6, 6.07) is 9.05. The van der Waals surface area contributed by atoms with E-state index in [4.69, 9.17) is 0 Å². The van der Waals surface area contributed by atoms with E-state index >= 15 is 0 Å². The predicted molar refractivity (Wildman–Crippen MR) is 90.5 cm³/mol. The Balaban J connectivity index is 2.76. The van der Waals surface area contributed by atoms with Gasteiger partial charge in [0.2, 0.25) is 5.91 Å². The minimum Gasteiger partial charge on any atom is -0.376 e. The number of amides is 1. The van der Waals surface area contributed by atoms with E-state index in [1.54, 1.807) is 31.2 Å². The third-order valence-corrected chi connectivity index (χ3v) is 4.50. The summed E-state index contributed by atoms with van der Waals surface area (Å²) >= 11 is 0. The van der Waals surface area contributed by atoms with Crippen LogP contribution in [-0.4, -0.2) is 32.7 Å². The predicted octanol–water partition coefficient (Wildman–Crippen LogP) is 1.70. The zero-order valence-electron chi connectivity index (χ0n) is 13.9. The smallest absolute Gasteiger partial charge is 0.240 e. The number of nitriles is 1. The average Bonchev–Trinajstić information content (AvgIpc) is 2.44. The Morgan fingerprint density at radius 2 is 1.96 bits per heavy atom. The third kappa shape index (κ3) is 5.91. The molecule has 0 bridgehead atoms. The number of rotatable bonds is 7. The Morgan fingerprint density at radius 1 is 1.35 bits per heavy atom. The first-order valence-electron chi connectivity index (χ1n) is 7.29. The van der Waals surface area contributed by atoms with Crippen LogP contribution in [0.2, 0.25) is 0 Å². The third-order valence-electron chi connectivity index (χ3n) is 3.66. The summed E-state index contributed by atoms with van der Waals surface area (Å²) in [5.41, 5.74) is 0.261. The highest BCUT2D eigenvalue weighted by Gasteiger charge is 2.29. The summed E-state index contributed by atoms with van der Waals surface area (Å²) in [5.74, 6) is -0.453. The first kappa shape index (κ1) is 19.0. The van der Waals surface area contributed by atoms with Crippen molar-refractivity contribution in [2.24, 2.45) is 5.92 Å². The van der Waals surface area contributed by atoms with Crippen LogP contribution in [0.4, 0.5) is 5.69 Å². The molecule has 0 radical (unpaired) electrons. The van der Waals surface area contributed by atoms with Crippen LogP contribution in [0.15, 0.2) is 24.3 Å². The van der Waals surface area contributed by atoms with E-state index < -0.39 is 15.4 Å². The molecule has 0 aliphatic rings. The molecule has 0 spiro atoms. The van der Waals surface area contributed by atoms with Crippen LogP contribution in [0.3, 0.4) is 0 Å². The maximum Gasteiger partial charge on any atom is 0.240 e. The Bertz CT molecular complexity index is 708. The number of hydrogen-bond donors (Lipinski definition) is 2. The molecular weight excluding hydrogens is 314 g/mol. The molecule has 1 aromatic rings. The first-order chi connectivity index (χ1) is 10.6. The molecule has 0 saturated carbocycles. The molecule has 1 atom stereocenters. The van der Waals surface area contributed by atoms with Crippen molar-refractivity contribution >= 4 is 21.4 Å². The van der Waals surface area contributed by atoms with E-state index in [-0.39, 0.29) is 24.1 Å². The van der Waals surface area contributed by atoms with Crippen LogP contribution in [0.25, 0.3) is 0 Å². The fraction of sp³-hybridized carbons (Fsp3) is 0.500. The van der Waals surface area contributed by atoms with Crippen molar-refractivity contribution in [1.82, 2.24) is 5.32 Å². The minimum absolute atomic E-state index is 0.0334. The Hall–Kier alpha value is -2.07. The summed E-state index contributed by atoms with van der Waals surface area (Å²) in [6.07, 6.45) is 1.16. The highest BCUT2D eigenvalue weighted by Crippen LogP contribution is 2.18. The van der Waals surface area contributed by atoms with Gasteiger partial charge < -0.3 is 10.6 Å². The Kier molecular flexibility index (Phi) is 6.16. The van der Waals surface area contributed by atoms with Gasteiger partial charge in [0.05, 0.1) is 18.4 Å². The molecule has 2 N–H and O–H groups in total. The van der Waals surface area contributed by atoms with E-state index in [1.807, 2.05) is 13.8 Å². The second-order valence-electron chi connectivity index (χ2n) is 6.10. The molecule has 23 heavy (non-hydrogen) atoms. The van der Waals surface area contributed by atoms with Gasteiger partial charge in [-0.2, -0.15) is 5.26 Å². The molecule has 0 unspecified atom stereocenters. The largest absolute Gasteiger partial charge is 0.376 e. The van der Waals surface area contributed by atoms with Gasteiger partial charge >= 0.3 is 0 Å². The van der Waals surface area contributed by atoms with Crippen LogP contribution in [0.1, 0.15) is 26.3 Å². The van der Waals surface area contributed by atoms with Crippen molar-refractivity contribution < 1.29 is 13.2 Å². The summed E-state index contributed by atoms with van der Waals surface area (Å²) in [4.78, 5) is 12.0. The molecule has 1 rings (SSSR count). The topological polar surface area (TPSA) is 99.1 Å². The zero-order valence-corrected chi connectivity index (χ0v) is 14.7. The Labute approximate surface area is 137 Å². The van der Waals surface area contributed by atoms with Crippen molar-refractivity contribution in [3.05, 3.63) is 29.8 Å². The lowest BCUT2D eigenvalue weighted by atomic mass is 9.90. The molecular formula is C16H23N3O3S. The van der Waals surface area contributed by atoms with Crippen molar-refractivity contribution in [3.63, 3.8) is 0 Å².